The first-order valence-electron chi connectivity index (χ1n) is 7.19. The maximum Gasteiger partial charge on any atom is 0.292 e. The van der Waals surface area contributed by atoms with Crippen molar-refractivity contribution in [2.45, 2.75) is 13.5 Å². The van der Waals surface area contributed by atoms with Crippen molar-refractivity contribution in [3.05, 3.63) is 65.7 Å². The van der Waals surface area contributed by atoms with E-state index >= 15 is 0 Å². The summed E-state index contributed by atoms with van der Waals surface area (Å²) >= 11 is 0. The van der Waals surface area contributed by atoms with Crippen LogP contribution in [-0.2, 0) is 13.7 Å². The van der Waals surface area contributed by atoms with Gasteiger partial charge in [-0.1, -0.05) is 12.1 Å². The predicted molar refractivity (Wildman–Crippen MR) is 85.4 cm³/mol. The molecular formula is C17H17N3O3. The van der Waals surface area contributed by atoms with E-state index in [2.05, 4.69) is 10.4 Å². The molecule has 3 aromatic rings. The number of aryl methyl sites for hydroxylation is 2. The van der Waals surface area contributed by atoms with Crippen molar-refractivity contribution < 1.29 is 13.9 Å². The van der Waals surface area contributed by atoms with E-state index in [1.807, 2.05) is 31.2 Å². The lowest BCUT2D eigenvalue weighted by Crippen LogP contribution is -2.11. The molecule has 3 rings (SSSR count). The maximum absolute atomic E-state index is 12.1. The van der Waals surface area contributed by atoms with Gasteiger partial charge in [0.05, 0.1) is 0 Å². The molecule has 1 aromatic carbocycles. The van der Waals surface area contributed by atoms with Gasteiger partial charge in [0.15, 0.2) is 11.6 Å². The Morgan fingerprint density at radius 1 is 1.30 bits per heavy atom. The van der Waals surface area contributed by atoms with Gasteiger partial charge in [-0.3, -0.25) is 9.48 Å². The molecule has 0 saturated carbocycles. The summed E-state index contributed by atoms with van der Waals surface area (Å²) in [6.45, 7) is 2.26. The van der Waals surface area contributed by atoms with Gasteiger partial charge < -0.3 is 14.5 Å². The molecule has 0 saturated heterocycles. The molecule has 2 aromatic heterocycles. The molecule has 118 valence electrons. The first-order chi connectivity index (χ1) is 11.1. The van der Waals surface area contributed by atoms with Crippen molar-refractivity contribution >= 4 is 11.7 Å². The van der Waals surface area contributed by atoms with E-state index in [1.165, 1.54) is 0 Å². The van der Waals surface area contributed by atoms with Crippen molar-refractivity contribution in [3.63, 3.8) is 0 Å². The minimum absolute atomic E-state index is 0.221. The normalized spacial score (nSPS) is 10.5. The van der Waals surface area contributed by atoms with Crippen LogP contribution in [0.15, 0.2) is 53.1 Å². The highest BCUT2D eigenvalue weighted by atomic mass is 16.5. The number of rotatable bonds is 5. The minimum Gasteiger partial charge on any atom is -0.486 e. The first-order valence-corrected chi connectivity index (χ1v) is 7.19. The van der Waals surface area contributed by atoms with E-state index in [0.717, 1.165) is 11.3 Å². The van der Waals surface area contributed by atoms with Crippen molar-refractivity contribution in [1.82, 2.24) is 9.78 Å². The molecule has 0 aliphatic rings. The second kappa shape index (κ2) is 6.39. The molecule has 23 heavy (non-hydrogen) atoms. The number of anilines is 1. The fourth-order valence-corrected chi connectivity index (χ4v) is 2.10. The Morgan fingerprint density at radius 3 is 2.91 bits per heavy atom. The van der Waals surface area contributed by atoms with Crippen LogP contribution in [0.2, 0.25) is 0 Å². The molecule has 0 unspecified atom stereocenters. The number of furan rings is 1. The van der Waals surface area contributed by atoms with Crippen LogP contribution in [0.5, 0.6) is 5.75 Å². The smallest absolute Gasteiger partial charge is 0.292 e. The van der Waals surface area contributed by atoms with E-state index in [0.29, 0.717) is 11.6 Å². The first kappa shape index (κ1) is 14.9. The van der Waals surface area contributed by atoms with Crippen LogP contribution in [0.1, 0.15) is 21.9 Å². The number of amides is 1. The molecule has 0 fully saturated rings. The Bertz CT molecular complexity index is 820. The number of carbonyl (C=O) groups is 1. The van der Waals surface area contributed by atoms with Gasteiger partial charge in [-0.2, -0.15) is 5.10 Å². The third kappa shape index (κ3) is 3.79. The summed E-state index contributed by atoms with van der Waals surface area (Å²) in [4.78, 5) is 12.1. The number of carbonyl (C=O) groups excluding carboxylic acids is 1. The van der Waals surface area contributed by atoms with Gasteiger partial charge in [0, 0.05) is 19.3 Å². The Labute approximate surface area is 133 Å². The SMILES string of the molecule is Cc1cccc(OCc2ccc(C(=O)Nc3ccn(C)n3)o2)c1. The van der Waals surface area contributed by atoms with Crippen LogP contribution in [0.3, 0.4) is 0 Å². The lowest BCUT2D eigenvalue weighted by molar-refractivity contribution is 0.0992. The molecule has 6 nitrogen and oxygen atoms in total. The van der Waals surface area contributed by atoms with Gasteiger partial charge in [0.1, 0.15) is 18.1 Å². The van der Waals surface area contributed by atoms with E-state index in [9.17, 15) is 4.79 Å². The molecule has 0 radical (unpaired) electrons. The molecule has 1 amide bonds. The van der Waals surface area contributed by atoms with Crippen molar-refractivity contribution in [1.29, 1.82) is 0 Å². The van der Waals surface area contributed by atoms with Gasteiger partial charge in [-0.25, -0.2) is 0 Å². The number of ether oxygens (including phenoxy) is 1. The zero-order valence-electron chi connectivity index (χ0n) is 12.9. The highest BCUT2D eigenvalue weighted by Gasteiger charge is 2.13. The van der Waals surface area contributed by atoms with Gasteiger partial charge in [0.25, 0.3) is 5.91 Å². The molecular weight excluding hydrogens is 294 g/mol. The summed E-state index contributed by atoms with van der Waals surface area (Å²) in [6, 6.07) is 12.8. The molecule has 0 spiro atoms. The quantitative estimate of drug-likeness (QED) is 0.786. The molecule has 1 N–H and O–H groups in total. The third-order valence-electron chi connectivity index (χ3n) is 3.21. The lowest BCUT2D eigenvalue weighted by atomic mass is 10.2. The van der Waals surface area contributed by atoms with Gasteiger partial charge in [0.2, 0.25) is 0 Å². The largest absolute Gasteiger partial charge is 0.486 e. The third-order valence-corrected chi connectivity index (χ3v) is 3.21. The molecule has 6 heteroatoms. The van der Waals surface area contributed by atoms with Crippen LogP contribution in [0.25, 0.3) is 0 Å². The summed E-state index contributed by atoms with van der Waals surface area (Å²) in [7, 11) is 1.78. The van der Waals surface area contributed by atoms with Crippen LogP contribution >= 0.6 is 0 Å². The fourth-order valence-electron chi connectivity index (χ4n) is 2.10. The lowest BCUT2D eigenvalue weighted by Gasteiger charge is -2.04. The number of aromatic nitrogens is 2. The summed E-state index contributed by atoms with van der Waals surface area (Å²) in [6.07, 6.45) is 1.75. The summed E-state index contributed by atoms with van der Waals surface area (Å²) in [5, 5.41) is 6.75. The summed E-state index contributed by atoms with van der Waals surface area (Å²) in [5.41, 5.74) is 1.12. The zero-order chi connectivity index (χ0) is 16.2. The Kier molecular flexibility index (Phi) is 4.14. The predicted octanol–water partition coefficient (Wildman–Crippen LogP) is 3.15. The molecule has 0 aliphatic heterocycles. The number of benzene rings is 1. The van der Waals surface area contributed by atoms with Crippen LogP contribution in [-0.4, -0.2) is 15.7 Å². The van der Waals surface area contributed by atoms with Crippen molar-refractivity contribution in [2.75, 3.05) is 5.32 Å². The van der Waals surface area contributed by atoms with E-state index in [1.54, 1.807) is 36.1 Å². The van der Waals surface area contributed by atoms with E-state index < -0.39 is 0 Å². The van der Waals surface area contributed by atoms with Gasteiger partial charge in [-0.05, 0) is 36.8 Å². The fraction of sp³-hybridized carbons (Fsp3) is 0.176. The minimum atomic E-state index is -0.342. The van der Waals surface area contributed by atoms with Crippen molar-refractivity contribution in [3.8, 4) is 5.75 Å². The number of nitrogens with one attached hydrogen (secondary N) is 1. The summed E-state index contributed by atoms with van der Waals surface area (Å²) < 4.78 is 12.8. The second-order valence-electron chi connectivity index (χ2n) is 5.20. The standard InChI is InChI=1S/C17H17N3O3/c1-12-4-3-5-13(10-12)22-11-14-6-7-15(23-14)17(21)18-16-8-9-20(2)19-16/h3-10H,11H2,1-2H3,(H,18,19,21). The topological polar surface area (TPSA) is 69.3 Å². The Hall–Kier alpha value is -3.02. The molecule has 0 bridgehead atoms. The van der Waals surface area contributed by atoms with E-state index in [4.69, 9.17) is 9.15 Å². The van der Waals surface area contributed by atoms with Crippen LogP contribution < -0.4 is 10.1 Å². The van der Waals surface area contributed by atoms with Crippen molar-refractivity contribution in [2.24, 2.45) is 7.05 Å². The van der Waals surface area contributed by atoms with Crippen LogP contribution in [0.4, 0.5) is 5.82 Å². The number of nitrogens with zero attached hydrogens (tertiary/aromatic N) is 2. The average molecular weight is 311 g/mol. The molecule has 2 heterocycles. The van der Waals surface area contributed by atoms with Crippen LogP contribution in [0, 0.1) is 6.92 Å². The van der Waals surface area contributed by atoms with E-state index in [-0.39, 0.29) is 18.3 Å². The van der Waals surface area contributed by atoms with Gasteiger partial charge in [-0.15, -0.1) is 0 Å². The highest BCUT2D eigenvalue weighted by Crippen LogP contribution is 2.16. The highest BCUT2D eigenvalue weighted by molar-refractivity contribution is 6.01. The number of hydrogen-bond acceptors (Lipinski definition) is 4. The summed E-state index contributed by atoms with van der Waals surface area (Å²) in [5.74, 6) is 1.70. The number of hydrogen-bond donors (Lipinski definition) is 1. The van der Waals surface area contributed by atoms with Gasteiger partial charge >= 0.3 is 0 Å². The Balaban J connectivity index is 1.60. The monoisotopic (exact) mass is 311 g/mol. The zero-order valence-corrected chi connectivity index (χ0v) is 12.9. The Morgan fingerprint density at radius 2 is 2.17 bits per heavy atom. The molecule has 0 atom stereocenters. The second-order valence-corrected chi connectivity index (χ2v) is 5.20. The molecule has 0 aliphatic carbocycles. The average Bonchev–Trinajstić information content (AvgIpc) is 3.14. The maximum atomic E-state index is 12.1.